The molecule has 0 atom stereocenters. The highest BCUT2D eigenvalue weighted by molar-refractivity contribution is 9.10. The third-order valence-electron chi connectivity index (χ3n) is 2.62. The van der Waals surface area contributed by atoms with Crippen LogP contribution in [-0.4, -0.2) is 27.4 Å². The normalized spacial score (nSPS) is 10.9. The Bertz CT molecular complexity index is 562. The van der Waals surface area contributed by atoms with Crippen LogP contribution in [0, 0.1) is 0 Å². The minimum Gasteiger partial charge on any atom is -0.477 e. The maximum absolute atomic E-state index is 11.1. The number of benzene rings is 1. The van der Waals surface area contributed by atoms with Gasteiger partial charge in [-0.05, 0) is 30.7 Å². The van der Waals surface area contributed by atoms with E-state index in [1.54, 1.807) is 10.6 Å². The fraction of sp³-hybridized carbons (Fsp3) is 0.250. The molecule has 0 aliphatic rings. The van der Waals surface area contributed by atoms with Gasteiger partial charge in [0.15, 0.2) is 0 Å². The molecule has 0 aliphatic carbocycles. The van der Waals surface area contributed by atoms with Gasteiger partial charge in [-0.3, -0.25) is 0 Å². The lowest BCUT2D eigenvalue weighted by Gasteiger charge is -2.06. The second kappa shape index (κ2) is 4.89. The van der Waals surface area contributed by atoms with Crippen molar-refractivity contribution in [1.29, 1.82) is 0 Å². The van der Waals surface area contributed by atoms with Crippen LogP contribution in [0.1, 0.15) is 16.9 Å². The molecule has 0 bridgehead atoms. The van der Waals surface area contributed by atoms with Gasteiger partial charge in [-0.25, -0.2) is 4.79 Å². The van der Waals surface area contributed by atoms with Gasteiger partial charge >= 0.3 is 5.97 Å². The molecule has 0 radical (unpaired) electrons. The first-order valence-electron chi connectivity index (χ1n) is 5.26. The fourth-order valence-electron chi connectivity index (χ4n) is 1.89. The van der Waals surface area contributed by atoms with Crippen LogP contribution in [0.3, 0.4) is 0 Å². The van der Waals surface area contributed by atoms with Crippen molar-refractivity contribution in [2.45, 2.75) is 13.0 Å². The summed E-state index contributed by atoms with van der Waals surface area (Å²) in [6.07, 6.45) is 0.542. The van der Waals surface area contributed by atoms with Crippen LogP contribution in [0.25, 0.3) is 10.9 Å². The van der Waals surface area contributed by atoms with Crippen LogP contribution < -0.4 is 0 Å². The van der Waals surface area contributed by atoms with Crippen LogP contribution in [0.15, 0.2) is 28.7 Å². The van der Waals surface area contributed by atoms with E-state index in [0.29, 0.717) is 13.0 Å². The summed E-state index contributed by atoms with van der Waals surface area (Å²) < 4.78 is 2.64. The largest absolute Gasteiger partial charge is 0.477 e. The van der Waals surface area contributed by atoms with Crippen molar-refractivity contribution < 1.29 is 15.0 Å². The van der Waals surface area contributed by atoms with Gasteiger partial charge in [0.2, 0.25) is 0 Å². The molecule has 0 spiro atoms. The zero-order chi connectivity index (χ0) is 12.4. The summed E-state index contributed by atoms with van der Waals surface area (Å²) in [5.41, 5.74) is 1.13. The Morgan fingerprint density at radius 3 is 2.76 bits per heavy atom. The molecule has 0 amide bonds. The quantitative estimate of drug-likeness (QED) is 0.911. The van der Waals surface area contributed by atoms with Gasteiger partial charge in [-0.2, -0.15) is 0 Å². The van der Waals surface area contributed by atoms with Crippen LogP contribution in [0.4, 0.5) is 0 Å². The number of nitrogens with zero attached hydrogens (tertiary/aromatic N) is 1. The van der Waals surface area contributed by atoms with Crippen molar-refractivity contribution in [2.75, 3.05) is 6.61 Å². The van der Waals surface area contributed by atoms with E-state index in [9.17, 15) is 4.79 Å². The first-order chi connectivity index (χ1) is 8.13. The molecule has 1 aromatic heterocycles. The number of aryl methyl sites for hydroxylation is 1. The summed E-state index contributed by atoms with van der Waals surface area (Å²) in [6.45, 7) is 0.554. The lowest BCUT2D eigenvalue weighted by molar-refractivity contribution is 0.0685. The summed E-state index contributed by atoms with van der Waals surface area (Å²) in [6, 6.07) is 7.30. The van der Waals surface area contributed by atoms with E-state index >= 15 is 0 Å². The lowest BCUT2D eigenvalue weighted by atomic mass is 10.2. The molecule has 0 saturated carbocycles. The van der Waals surface area contributed by atoms with Crippen molar-refractivity contribution in [3.8, 4) is 0 Å². The zero-order valence-corrected chi connectivity index (χ0v) is 10.6. The molecular formula is C12H12BrNO3. The number of hydrogen-bond donors (Lipinski definition) is 2. The molecular weight excluding hydrogens is 286 g/mol. The Morgan fingerprint density at radius 2 is 2.12 bits per heavy atom. The number of rotatable bonds is 4. The maximum atomic E-state index is 11.1. The van der Waals surface area contributed by atoms with Crippen LogP contribution in [0.5, 0.6) is 0 Å². The highest BCUT2D eigenvalue weighted by atomic mass is 79.9. The van der Waals surface area contributed by atoms with Crippen LogP contribution >= 0.6 is 15.9 Å². The van der Waals surface area contributed by atoms with E-state index in [1.165, 1.54) is 0 Å². The molecule has 1 aromatic carbocycles. The first-order valence-corrected chi connectivity index (χ1v) is 6.05. The number of hydrogen-bond acceptors (Lipinski definition) is 2. The van der Waals surface area contributed by atoms with Gasteiger partial charge in [0, 0.05) is 28.5 Å². The molecule has 5 heteroatoms. The second-order valence-electron chi connectivity index (χ2n) is 3.77. The molecule has 1 heterocycles. The Balaban J connectivity index is 2.58. The third kappa shape index (κ3) is 2.35. The van der Waals surface area contributed by atoms with Crippen molar-refractivity contribution in [3.63, 3.8) is 0 Å². The number of halogens is 1. The van der Waals surface area contributed by atoms with Gasteiger partial charge in [0.05, 0.1) is 0 Å². The van der Waals surface area contributed by atoms with Gasteiger partial charge in [0.25, 0.3) is 0 Å². The molecule has 0 aliphatic heterocycles. The predicted octanol–water partition coefficient (Wildman–Crippen LogP) is 2.48. The van der Waals surface area contributed by atoms with Gasteiger partial charge in [0.1, 0.15) is 5.69 Å². The molecule has 2 N–H and O–H groups in total. The van der Waals surface area contributed by atoms with Gasteiger partial charge < -0.3 is 14.8 Å². The zero-order valence-electron chi connectivity index (χ0n) is 9.06. The minimum absolute atomic E-state index is 0.0509. The van der Waals surface area contributed by atoms with Gasteiger partial charge in [-0.15, -0.1) is 0 Å². The average Bonchev–Trinajstić information content (AvgIpc) is 2.64. The van der Waals surface area contributed by atoms with E-state index in [0.717, 1.165) is 15.4 Å². The number of carboxylic acid groups (broad SMARTS) is 1. The van der Waals surface area contributed by atoms with Gasteiger partial charge in [-0.1, -0.05) is 15.9 Å². The SMILES string of the molecule is O=C(O)c1cc2cc(Br)ccc2n1CCCO. The minimum atomic E-state index is -0.949. The highest BCUT2D eigenvalue weighted by Gasteiger charge is 2.14. The molecule has 0 saturated heterocycles. The smallest absolute Gasteiger partial charge is 0.352 e. The maximum Gasteiger partial charge on any atom is 0.352 e. The average molecular weight is 298 g/mol. The molecule has 17 heavy (non-hydrogen) atoms. The number of fused-ring (bicyclic) bond motifs is 1. The van der Waals surface area contributed by atoms with Crippen molar-refractivity contribution >= 4 is 32.8 Å². The van der Waals surface area contributed by atoms with E-state index in [1.807, 2.05) is 18.2 Å². The monoisotopic (exact) mass is 297 g/mol. The topological polar surface area (TPSA) is 62.5 Å². The summed E-state index contributed by atoms with van der Waals surface area (Å²) in [5, 5.41) is 18.9. The Morgan fingerprint density at radius 1 is 1.35 bits per heavy atom. The number of aromatic nitrogens is 1. The van der Waals surface area contributed by atoms with E-state index < -0.39 is 5.97 Å². The van der Waals surface area contributed by atoms with Crippen LogP contribution in [-0.2, 0) is 6.54 Å². The number of aliphatic hydroxyl groups is 1. The summed E-state index contributed by atoms with van der Waals surface area (Å²) in [5.74, 6) is -0.949. The molecule has 2 aromatic rings. The third-order valence-corrected chi connectivity index (χ3v) is 3.12. The van der Waals surface area contributed by atoms with Crippen molar-refractivity contribution in [2.24, 2.45) is 0 Å². The Labute approximate surface area is 107 Å². The molecule has 4 nitrogen and oxygen atoms in total. The number of aromatic carboxylic acids is 1. The van der Waals surface area contributed by atoms with Crippen LogP contribution in [0.2, 0.25) is 0 Å². The number of carbonyl (C=O) groups is 1. The summed E-state index contributed by atoms with van der Waals surface area (Å²) in [4.78, 5) is 11.1. The van der Waals surface area contributed by atoms with E-state index in [-0.39, 0.29) is 12.3 Å². The first kappa shape index (κ1) is 12.1. The van der Waals surface area contributed by atoms with E-state index in [2.05, 4.69) is 15.9 Å². The number of aliphatic hydroxyl groups excluding tert-OH is 1. The fourth-order valence-corrected chi connectivity index (χ4v) is 2.27. The molecule has 2 rings (SSSR count). The molecule has 0 fully saturated rings. The standard InChI is InChI=1S/C12H12BrNO3/c13-9-2-3-10-8(6-9)7-11(12(16)17)14(10)4-1-5-15/h2-3,6-7,15H,1,4-5H2,(H,16,17). The summed E-state index contributed by atoms with van der Waals surface area (Å²) in [7, 11) is 0. The van der Waals surface area contributed by atoms with E-state index in [4.69, 9.17) is 10.2 Å². The molecule has 0 unspecified atom stereocenters. The highest BCUT2D eigenvalue weighted by Crippen LogP contribution is 2.24. The predicted molar refractivity (Wildman–Crippen MR) is 68.3 cm³/mol. The molecule has 90 valence electrons. The van der Waals surface area contributed by atoms with Crippen molar-refractivity contribution in [3.05, 3.63) is 34.4 Å². The van der Waals surface area contributed by atoms with Crippen molar-refractivity contribution in [1.82, 2.24) is 4.57 Å². The number of carboxylic acids is 1. The lowest BCUT2D eigenvalue weighted by Crippen LogP contribution is -2.09. The Kier molecular flexibility index (Phi) is 3.49. The Hall–Kier alpha value is -1.33. The second-order valence-corrected chi connectivity index (χ2v) is 4.68. The summed E-state index contributed by atoms with van der Waals surface area (Å²) >= 11 is 3.36.